The fourth-order valence-electron chi connectivity index (χ4n) is 2.86. The lowest BCUT2D eigenvalue weighted by Crippen LogP contribution is -2.43. The molecule has 0 bridgehead atoms. The van der Waals surface area contributed by atoms with Gasteiger partial charge < -0.3 is 9.47 Å². The fraction of sp³-hybridized carbons (Fsp3) is 0.440. The molecule has 0 aliphatic heterocycles. The molecule has 0 atom stereocenters. The molecule has 0 aliphatic carbocycles. The second kappa shape index (κ2) is 12.0. The van der Waals surface area contributed by atoms with Crippen LogP contribution in [0.2, 0.25) is 0 Å². The van der Waals surface area contributed by atoms with E-state index in [1.54, 1.807) is 24.3 Å². The Balaban J connectivity index is 1.71. The Bertz CT molecular complexity index is 824. The van der Waals surface area contributed by atoms with Crippen molar-refractivity contribution >= 4 is 11.8 Å². The van der Waals surface area contributed by atoms with Crippen LogP contribution in [0.3, 0.4) is 0 Å². The number of ether oxygens (including phenoxy) is 2. The van der Waals surface area contributed by atoms with E-state index in [1.807, 2.05) is 24.3 Å². The van der Waals surface area contributed by atoms with Crippen molar-refractivity contribution in [2.45, 2.75) is 58.8 Å². The predicted molar refractivity (Wildman–Crippen MR) is 122 cm³/mol. The van der Waals surface area contributed by atoms with Gasteiger partial charge in [0.1, 0.15) is 11.5 Å². The molecule has 0 fully saturated rings. The van der Waals surface area contributed by atoms with E-state index in [0.717, 1.165) is 18.6 Å². The van der Waals surface area contributed by atoms with Gasteiger partial charge in [0.2, 0.25) is 0 Å². The lowest BCUT2D eigenvalue weighted by Gasteiger charge is -2.19. The van der Waals surface area contributed by atoms with Gasteiger partial charge in [-0.05, 0) is 53.8 Å². The normalized spacial score (nSPS) is 11.0. The van der Waals surface area contributed by atoms with E-state index in [2.05, 4.69) is 38.5 Å². The highest BCUT2D eigenvalue weighted by atomic mass is 16.5. The second-order valence-corrected chi connectivity index (χ2v) is 8.50. The lowest BCUT2D eigenvalue weighted by molar-refractivity contribution is -0.123. The zero-order valence-electron chi connectivity index (χ0n) is 19.0. The van der Waals surface area contributed by atoms with Gasteiger partial charge in [-0.3, -0.25) is 20.4 Å². The Morgan fingerprint density at radius 1 is 0.806 bits per heavy atom. The van der Waals surface area contributed by atoms with E-state index in [9.17, 15) is 9.59 Å². The molecular weight excluding hydrogens is 392 g/mol. The van der Waals surface area contributed by atoms with E-state index in [1.165, 1.54) is 18.4 Å². The molecule has 0 saturated heterocycles. The van der Waals surface area contributed by atoms with Crippen LogP contribution in [0.25, 0.3) is 0 Å². The second-order valence-electron chi connectivity index (χ2n) is 8.50. The van der Waals surface area contributed by atoms with E-state index in [-0.39, 0.29) is 12.0 Å². The Kier molecular flexibility index (Phi) is 9.38. The Morgan fingerprint density at radius 2 is 1.42 bits per heavy atom. The number of unbranched alkanes of at least 4 members (excludes halogenated alkanes) is 3. The summed E-state index contributed by atoms with van der Waals surface area (Å²) in [6.07, 6.45) is 4.58. The van der Waals surface area contributed by atoms with Gasteiger partial charge in [0.25, 0.3) is 11.8 Å². The third-order valence-electron chi connectivity index (χ3n) is 4.79. The first-order valence-electron chi connectivity index (χ1n) is 10.8. The third-order valence-corrected chi connectivity index (χ3v) is 4.79. The van der Waals surface area contributed by atoms with Crippen LogP contribution in [-0.4, -0.2) is 25.0 Å². The van der Waals surface area contributed by atoms with E-state index in [4.69, 9.17) is 9.47 Å². The molecule has 31 heavy (non-hydrogen) atoms. The molecular formula is C25H34N2O4. The average Bonchev–Trinajstić information content (AvgIpc) is 2.76. The number of rotatable bonds is 10. The minimum atomic E-state index is -0.444. The molecule has 6 heteroatoms. The number of benzene rings is 2. The molecule has 0 aromatic heterocycles. The number of carbonyl (C=O) groups is 2. The molecule has 168 valence electrons. The van der Waals surface area contributed by atoms with Crippen LogP contribution in [0.15, 0.2) is 48.5 Å². The molecule has 0 unspecified atom stereocenters. The van der Waals surface area contributed by atoms with Crippen molar-refractivity contribution in [2.24, 2.45) is 0 Å². The van der Waals surface area contributed by atoms with Gasteiger partial charge in [-0.1, -0.05) is 59.1 Å². The van der Waals surface area contributed by atoms with Gasteiger partial charge in [0.15, 0.2) is 6.61 Å². The van der Waals surface area contributed by atoms with E-state index < -0.39 is 11.8 Å². The first-order chi connectivity index (χ1) is 14.8. The quantitative estimate of drug-likeness (QED) is 0.423. The van der Waals surface area contributed by atoms with E-state index >= 15 is 0 Å². The van der Waals surface area contributed by atoms with Crippen LogP contribution in [0.4, 0.5) is 0 Å². The van der Waals surface area contributed by atoms with Crippen LogP contribution >= 0.6 is 0 Å². The largest absolute Gasteiger partial charge is 0.494 e. The maximum atomic E-state index is 12.2. The van der Waals surface area contributed by atoms with Crippen molar-refractivity contribution in [1.29, 1.82) is 0 Å². The Hall–Kier alpha value is -3.02. The van der Waals surface area contributed by atoms with Gasteiger partial charge in [-0.2, -0.15) is 0 Å². The van der Waals surface area contributed by atoms with E-state index in [0.29, 0.717) is 17.9 Å². The minimum absolute atomic E-state index is 0.0547. The summed E-state index contributed by atoms with van der Waals surface area (Å²) in [5, 5.41) is 0. The fourth-order valence-corrected chi connectivity index (χ4v) is 2.86. The molecule has 0 radical (unpaired) electrons. The summed E-state index contributed by atoms with van der Waals surface area (Å²) in [5.74, 6) is 0.473. The molecule has 2 amide bonds. The van der Waals surface area contributed by atoms with Crippen molar-refractivity contribution in [3.63, 3.8) is 0 Å². The first-order valence-corrected chi connectivity index (χ1v) is 10.8. The van der Waals surface area contributed by atoms with Crippen molar-refractivity contribution in [3.05, 3.63) is 59.7 Å². The molecule has 2 aromatic rings. The predicted octanol–water partition coefficient (Wildman–Crippen LogP) is 4.78. The smallest absolute Gasteiger partial charge is 0.276 e. The molecule has 2 N–H and O–H groups in total. The minimum Gasteiger partial charge on any atom is -0.494 e. The number of hydrogen-bond donors (Lipinski definition) is 2. The number of nitrogens with one attached hydrogen (secondary N) is 2. The zero-order chi connectivity index (χ0) is 22.7. The Morgan fingerprint density at radius 3 is 2.03 bits per heavy atom. The van der Waals surface area contributed by atoms with Crippen LogP contribution in [0, 0.1) is 0 Å². The van der Waals surface area contributed by atoms with Gasteiger partial charge in [0, 0.05) is 5.56 Å². The maximum absolute atomic E-state index is 12.2. The monoisotopic (exact) mass is 426 g/mol. The molecule has 0 aliphatic rings. The summed E-state index contributed by atoms with van der Waals surface area (Å²) in [5.41, 5.74) is 6.42. The summed E-state index contributed by atoms with van der Waals surface area (Å²) in [4.78, 5) is 24.1. The van der Waals surface area contributed by atoms with Crippen LogP contribution in [0.5, 0.6) is 11.5 Å². The third kappa shape index (κ3) is 8.70. The number of hydrazine groups is 1. The highest BCUT2D eigenvalue weighted by Crippen LogP contribution is 2.24. The lowest BCUT2D eigenvalue weighted by atomic mass is 9.87. The molecule has 2 rings (SSSR count). The van der Waals surface area contributed by atoms with Crippen LogP contribution < -0.4 is 20.3 Å². The first kappa shape index (κ1) is 24.3. The van der Waals surface area contributed by atoms with Crippen molar-refractivity contribution < 1.29 is 19.1 Å². The topological polar surface area (TPSA) is 76.7 Å². The zero-order valence-corrected chi connectivity index (χ0v) is 19.0. The van der Waals surface area contributed by atoms with Crippen molar-refractivity contribution in [3.8, 4) is 11.5 Å². The van der Waals surface area contributed by atoms with Gasteiger partial charge in [-0.25, -0.2) is 0 Å². The summed E-state index contributed by atoms with van der Waals surface area (Å²) < 4.78 is 11.1. The van der Waals surface area contributed by atoms with Crippen LogP contribution in [-0.2, 0) is 10.2 Å². The SMILES string of the molecule is CCCCCCOc1ccc(C(=O)NNC(=O)COc2ccc(C(C)(C)C)cc2)cc1. The summed E-state index contributed by atoms with van der Waals surface area (Å²) in [6, 6.07) is 14.5. The summed E-state index contributed by atoms with van der Waals surface area (Å²) in [6.45, 7) is 9.04. The average molecular weight is 427 g/mol. The van der Waals surface area contributed by atoms with Crippen molar-refractivity contribution in [2.75, 3.05) is 13.2 Å². The molecule has 0 spiro atoms. The number of amides is 2. The maximum Gasteiger partial charge on any atom is 0.276 e. The molecule has 0 heterocycles. The number of hydrogen-bond acceptors (Lipinski definition) is 4. The van der Waals surface area contributed by atoms with Gasteiger partial charge >= 0.3 is 0 Å². The number of carbonyl (C=O) groups excluding carboxylic acids is 2. The Labute approximate surface area is 185 Å². The summed E-state index contributed by atoms with van der Waals surface area (Å²) >= 11 is 0. The highest BCUT2D eigenvalue weighted by Gasteiger charge is 2.13. The summed E-state index contributed by atoms with van der Waals surface area (Å²) in [7, 11) is 0. The molecule has 0 saturated carbocycles. The standard InChI is InChI=1S/C25H34N2O4/c1-5-6-7-8-17-30-21-13-9-19(10-14-21)24(29)27-26-23(28)18-31-22-15-11-20(12-16-22)25(2,3)4/h9-16H,5-8,17-18H2,1-4H3,(H,26,28)(H,27,29). The highest BCUT2D eigenvalue weighted by molar-refractivity contribution is 5.95. The van der Waals surface area contributed by atoms with Gasteiger partial charge in [0.05, 0.1) is 6.61 Å². The van der Waals surface area contributed by atoms with Crippen molar-refractivity contribution in [1.82, 2.24) is 10.9 Å². The van der Waals surface area contributed by atoms with Gasteiger partial charge in [-0.15, -0.1) is 0 Å². The van der Waals surface area contributed by atoms with Crippen LogP contribution in [0.1, 0.15) is 69.3 Å². The molecule has 6 nitrogen and oxygen atoms in total. The molecule has 2 aromatic carbocycles.